The van der Waals surface area contributed by atoms with Crippen molar-refractivity contribution < 1.29 is 9.59 Å². The Morgan fingerprint density at radius 3 is 2.29 bits per heavy atom. The van der Waals surface area contributed by atoms with Crippen molar-refractivity contribution in [3.05, 3.63) is 52.8 Å². The van der Waals surface area contributed by atoms with E-state index in [4.69, 9.17) is 0 Å². The zero-order valence-corrected chi connectivity index (χ0v) is 12.7. The Balaban J connectivity index is 2.12. The van der Waals surface area contributed by atoms with Gasteiger partial charge in [0.1, 0.15) is 0 Å². The summed E-state index contributed by atoms with van der Waals surface area (Å²) in [5.41, 5.74) is 3.07. The van der Waals surface area contributed by atoms with E-state index in [1.165, 1.54) is 5.56 Å². The molecule has 2 rings (SSSR count). The van der Waals surface area contributed by atoms with Gasteiger partial charge in [0.05, 0.1) is 17.7 Å². The lowest BCUT2D eigenvalue weighted by Gasteiger charge is -2.02. The molecule has 0 N–H and O–H groups in total. The number of carbonyl (C=O) groups is 2. The summed E-state index contributed by atoms with van der Waals surface area (Å²) in [7, 11) is 1.78. The maximum absolute atomic E-state index is 12.3. The van der Waals surface area contributed by atoms with Gasteiger partial charge >= 0.3 is 0 Å². The molecule has 110 valence electrons. The van der Waals surface area contributed by atoms with E-state index in [0.717, 1.165) is 12.1 Å². The van der Waals surface area contributed by atoms with Crippen molar-refractivity contribution in [2.24, 2.45) is 7.05 Å². The number of nitrogens with zero attached hydrogens (tertiary/aromatic N) is 2. The number of aryl methyl sites for hydroxylation is 3. The summed E-state index contributed by atoms with van der Waals surface area (Å²) >= 11 is 0. The Hall–Kier alpha value is -2.23. The third-order valence-electron chi connectivity index (χ3n) is 3.55. The molecule has 1 aromatic heterocycles. The first-order valence-electron chi connectivity index (χ1n) is 7.23. The summed E-state index contributed by atoms with van der Waals surface area (Å²) in [5.74, 6) is -0.307. The number of hydrogen-bond donors (Lipinski definition) is 0. The van der Waals surface area contributed by atoms with Crippen LogP contribution in [0.2, 0.25) is 0 Å². The van der Waals surface area contributed by atoms with Gasteiger partial charge in [0.2, 0.25) is 0 Å². The van der Waals surface area contributed by atoms with Gasteiger partial charge in [-0.3, -0.25) is 14.3 Å². The van der Waals surface area contributed by atoms with Crippen LogP contribution in [0.5, 0.6) is 0 Å². The summed E-state index contributed by atoms with van der Waals surface area (Å²) in [6.45, 7) is 4.01. The highest BCUT2D eigenvalue weighted by molar-refractivity contribution is 6.13. The maximum atomic E-state index is 12.3. The first-order chi connectivity index (χ1) is 10.0. The average Bonchev–Trinajstić information content (AvgIpc) is 2.88. The van der Waals surface area contributed by atoms with Gasteiger partial charge in [-0.25, -0.2) is 0 Å². The van der Waals surface area contributed by atoms with Crippen molar-refractivity contribution in [2.75, 3.05) is 0 Å². The van der Waals surface area contributed by atoms with Crippen LogP contribution in [-0.2, 0) is 19.9 Å². The van der Waals surface area contributed by atoms with Crippen LogP contribution in [0, 0.1) is 0 Å². The van der Waals surface area contributed by atoms with Crippen molar-refractivity contribution in [2.45, 2.75) is 33.1 Å². The number of hydrogen-bond acceptors (Lipinski definition) is 3. The molecule has 0 unspecified atom stereocenters. The number of rotatable bonds is 6. The van der Waals surface area contributed by atoms with Crippen molar-refractivity contribution in [1.82, 2.24) is 9.78 Å². The molecule has 4 nitrogen and oxygen atoms in total. The van der Waals surface area contributed by atoms with Crippen LogP contribution in [0.25, 0.3) is 0 Å². The van der Waals surface area contributed by atoms with E-state index < -0.39 is 0 Å². The highest BCUT2D eigenvalue weighted by atomic mass is 16.1. The minimum absolute atomic E-state index is 0.107. The Morgan fingerprint density at radius 1 is 1.05 bits per heavy atom. The second kappa shape index (κ2) is 6.48. The molecule has 0 aliphatic rings. The van der Waals surface area contributed by atoms with E-state index in [-0.39, 0.29) is 18.0 Å². The lowest BCUT2D eigenvalue weighted by molar-refractivity contribution is 0.0894. The molecule has 0 amide bonds. The number of aromatic nitrogens is 2. The fraction of sp³-hybridized carbons (Fsp3) is 0.353. The van der Waals surface area contributed by atoms with E-state index in [9.17, 15) is 9.59 Å². The summed E-state index contributed by atoms with van der Waals surface area (Å²) in [4.78, 5) is 24.5. The first-order valence-corrected chi connectivity index (χ1v) is 7.23. The second-order valence-electron chi connectivity index (χ2n) is 5.09. The molecule has 0 saturated heterocycles. The first kappa shape index (κ1) is 15.2. The zero-order valence-electron chi connectivity index (χ0n) is 12.7. The van der Waals surface area contributed by atoms with E-state index in [2.05, 4.69) is 12.0 Å². The van der Waals surface area contributed by atoms with Crippen LogP contribution < -0.4 is 0 Å². The fourth-order valence-electron chi connectivity index (χ4n) is 2.30. The average molecular weight is 284 g/mol. The molecule has 2 aromatic rings. The maximum Gasteiger partial charge on any atom is 0.174 e. The predicted molar refractivity (Wildman–Crippen MR) is 81.7 cm³/mol. The number of benzene rings is 1. The monoisotopic (exact) mass is 284 g/mol. The SMILES string of the molecule is CCc1ccc(C(=O)CC(=O)c2cn(C)nc2CC)cc1. The van der Waals surface area contributed by atoms with Crippen LogP contribution in [0.1, 0.15) is 52.2 Å². The van der Waals surface area contributed by atoms with Gasteiger partial charge in [0.15, 0.2) is 11.6 Å². The summed E-state index contributed by atoms with van der Waals surface area (Å²) in [6.07, 6.45) is 3.20. The van der Waals surface area contributed by atoms with Crippen LogP contribution >= 0.6 is 0 Å². The zero-order chi connectivity index (χ0) is 15.4. The summed E-state index contributed by atoms with van der Waals surface area (Å²) in [5, 5.41) is 4.24. The van der Waals surface area contributed by atoms with Crippen molar-refractivity contribution in [3.63, 3.8) is 0 Å². The van der Waals surface area contributed by atoms with E-state index >= 15 is 0 Å². The molecule has 0 atom stereocenters. The minimum atomic E-state index is -0.162. The van der Waals surface area contributed by atoms with Crippen molar-refractivity contribution >= 4 is 11.6 Å². The Bertz CT molecular complexity index is 654. The molecule has 0 fully saturated rings. The van der Waals surface area contributed by atoms with Crippen molar-refractivity contribution in [3.8, 4) is 0 Å². The lowest BCUT2D eigenvalue weighted by atomic mass is 10.00. The Kier molecular flexibility index (Phi) is 4.68. The number of carbonyl (C=O) groups excluding carboxylic acids is 2. The highest BCUT2D eigenvalue weighted by Gasteiger charge is 2.18. The van der Waals surface area contributed by atoms with Crippen LogP contribution in [0.3, 0.4) is 0 Å². The fourth-order valence-corrected chi connectivity index (χ4v) is 2.30. The van der Waals surface area contributed by atoms with Gasteiger partial charge in [-0.05, 0) is 18.4 Å². The smallest absolute Gasteiger partial charge is 0.174 e. The minimum Gasteiger partial charge on any atom is -0.294 e. The Morgan fingerprint density at radius 2 is 1.71 bits per heavy atom. The van der Waals surface area contributed by atoms with Crippen LogP contribution in [-0.4, -0.2) is 21.3 Å². The molecule has 4 heteroatoms. The summed E-state index contributed by atoms with van der Waals surface area (Å²) < 4.78 is 1.62. The van der Waals surface area contributed by atoms with Crippen LogP contribution in [0.15, 0.2) is 30.5 Å². The van der Waals surface area contributed by atoms with Gasteiger partial charge in [-0.2, -0.15) is 5.10 Å². The van der Waals surface area contributed by atoms with Crippen molar-refractivity contribution in [1.29, 1.82) is 0 Å². The normalized spacial score (nSPS) is 10.6. The van der Waals surface area contributed by atoms with E-state index in [0.29, 0.717) is 17.5 Å². The molecule has 0 spiro atoms. The van der Waals surface area contributed by atoms with Crippen LogP contribution in [0.4, 0.5) is 0 Å². The molecule has 0 aliphatic heterocycles. The quantitative estimate of drug-likeness (QED) is 0.605. The van der Waals surface area contributed by atoms with Gasteiger partial charge in [-0.15, -0.1) is 0 Å². The molecule has 0 aliphatic carbocycles. The summed E-state index contributed by atoms with van der Waals surface area (Å²) in [6, 6.07) is 7.44. The standard InChI is InChI=1S/C17H20N2O2/c1-4-12-6-8-13(9-7-12)16(20)10-17(21)14-11-19(3)18-15(14)5-2/h6-9,11H,4-5,10H2,1-3H3. The van der Waals surface area contributed by atoms with E-state index in [1.807, 2.05) is 19.1 Å². The topological polar surface area (TPSA) is 52.0 Å². The predicted octanol–water partition coefficient (Wildman–Crippen LogP) is 3.00. The molecule has 1 heterocycles. The van der Waals surface area contributed by atoms with E-state index in [1.54, 1.807) is 30.1 Å². The van der Waals surface area contributed by atoms with Gasteiger partial charge in [-0.1, -0.05) is 38.1 Å². The molecule has 0 saturated carbocycles. The third-order valence-corrected chi connectivity index (χ3v) is 3.55. The number of ketones is 2. The molecule has 21 heavy (non-hydrogen) atoms. The highest BCUT2D eigenvalue weighted by Crippen LogP contribution is 2.13. The Labute approximate surface area is 124 Å². The lowest BCUT2D eigenvalue weighted by Crippen LogP contribution is -2.09. The van der Waals surface area contributed by atoms with Gasteiger partial charge < -0.3 is 0 Å². The largest absolute Gasteiger partial charge is 0.294 e. The molecule has 0 radical (unpaired) electrons. The third kappa shape index (κ3) is 3.45. The van der Waals surface area contributed by atoms with Gasteiger partial charge in [0, 0.05) is 18.8 Å². The molecule has 0 bridgehead atoms. The number of Topliss-reactive ketones (excluding diaryl/α,β-unsaturated/α-hetero) is 2. The molecular formula is C17H20N2O2. The molecular weight excluding hydrogens is 264 g/mol. The molecule has 1 aromatic carbocycles. The second-order valence-corrected chi connectivity index (χ2v) is 5.09. The van der Waals surface area contributed by atoms with Gasteiger partial charge in [0.25, 0.3) is 0 Å².